The predicted molar refractivity (Wildman–Crippen MR) is 57.7 cm³/mol. The van der Waals surface area contributed by atoms with Gasteiger partial charge in [0.05, 0.1) is 11.3 Å². The topological polar surface area (TPSA) is 54.9 Å². The van der Waals surface area contributed by atoms with Crippen LogP contribution >= 0.6 is 0 Å². The number of rotatable bonds is 1. The maximum Gasteiger partial charge on any atom is 0.418 e. The van der Waals surface area contributed by atoms with Crippen molar-refractivity contribution in [1.82, 2.24) is 9.55 Å². The van der Waals surface area contributed by atoms with E-state index in [-0.39, 0.29) is 5.69 Å². The first-order chi connectivity index (χ1) is 8.41. The fourth-order valence-electron chi connectivity index (χ4n) is 1.54. The van der Waals surface area contributed by atoms with E-state index in [1.807, 2.05) is 0 Å². The van der Waals surface area contributed by atoms with Crippen molar-refractivity contribution < 1.29 is 13.2 Å². The van der Waals surface area contributed by atoms with Gasteiger partial charge in [-0.3, -0.25) is 14.2 Å². The summed E-state index contributed by atoms with van der Waals surface area (Å²) in [4.78, 5) is 24.7. The molecule has 4 nitrogen and oxygen atoms in total. The Balaban J connectivity index is 2.77. The summed E-state index contributed by atoms with van der Waals surface area (Å²) < 4.78 is 39.0. The highest BCUT2D eigenvalue weighted by Crippen LogP contribution is 2.32. The molecule has 0 fully saturated rings. The molecule has 0 aliphatic rings. The minimum absolute atomic E-state index is 0.374. The van der Waals surface area contributed by atoms with Crippen LogP contribution in [0.2, 0.25) is 0 Å². The van der Waals surface area contributed by atoms with Crippen LogP contribution in [0.1, 0.15) is 5.56 Å². The lowest BCUT2D eigenvalue weighted by atomic mass is 10.1. The fourth-order valence-corrected chi connectivity index (χ4v) is 1.54. The van der Waals surface area contributed by atoms with Crippen LogP contribution < -0.4 is 11.1 Å². The summed E-state index contributed by atoms with van der Waals surface area (Å²) >= 11 is 0. The van der Waals surface area contributed by atoms with Crippen LogP contribution in [-0.4, -0.2) is 9.55 Å². The number of halogens is 3. The summed E-state index contributed by atoms with van der Waals surface area (Å²) in [6.07, 6.45) is -2.41. The van der Waals surface area contributed by atoms with Crippen molar-refractivity contribution in [2.24, 2.45) is 0 Å². The lowest BCUT2D eigenvalue weighted by molar-refractivity contribution is -0.137. The second-order valence-corrected chi connectivity index (χ2v) is 3.48. The van der Waals surface area contributed by atoms with E-state index in [1.165, 1.54) is 12.1 Å². The SMILES string of the molecule is O=c1[nH]ccn(-c2ccccc2C(F)(F)F)c1=O. The molecule has 94 valence electrons. The van der Waals surface area contributed by atoms with E-state index in [9.17, 15) is 22.8 Å². The van der Waals surface area contributed by atoms with E-state index in [1.54, 1.807) is 0 Å². The van der Waals surface area contributed by atoms with Gasteiger partial charge in [-0.2, -0.15) is 13.2 Å². The Morgan fingerprint density at radius 3 is 2.44 bits per heavy atom. The van der Waals surface area contributed by atoms with E-state index in [2.05, 4.69) is 4.98 Å². The molecule has 1 aromatic carbocycles. The lowest BCUT2D eigenvalue weighted by Crippen LogP contribution is -2.35. The first-order valence-electron chi connectivity index (χ1n) is 4.88. The Hall–Kier alpha value is -2.31. The number of aromatic nitrogens is 2. The van der Waals surface area contributed by atoms with Gasteiger partial charge < -0.3 is 4.98 Å². The highest BCUT2D eigenvalue weighted by atomic mass is 19.4. The number of H-pyrrole nitrogens is 1. The molecule has 0 saturated heterocycles. The monoisotopic (exact) mass is 256 g/mol. The van der Waals surface area contributed by atoms with Crippen LogP contribution in [0, 0.1) is 0 Å². The minimum atomic E-state index is -4.60. The molecule has 1 aromatic heterocycles. The zero-order chi connectivity index (χ0) is 13.3. The molecule has 0 radical (unpaired) electrons. The molecular weight excluding hydrogens is 249 g/mol. The molecule has 0 atom stereocenters. The Labute approximate surface area is 98.3 Å². The van der Waals surface area contributed by atoms with Crippen LogP contribution in [0.4, 0.5) is 13.2 Å². The Bertz CT molecular complexity index is 685. The van der Waals surface area contributed by atoms with Crippen molar-refractivity contribution in [2.75, 3.05) is 0 Å². The van der Waals surface area contributed by atoms with Gasteiger partial charge in [0.25, 0.3) is 0 Å². The average Bonchev–Trinajstić information content (AvgIpc) is 2.32. The molecule has 2 aromatic rings. The Morgan fingerprint density at radius 1 is 1.11 bits per heavy atom. The second-order valence-electron chi connectivity index (χ2n) is 3.48. The molecule has 0 amide bonds. The molecule has 1 heterocycles. The molecule has 0 spiro atoms. The predicted octanol–water partition coefficient (Wildman–Crippen LogP) is 1.54. The number of hydrogen-bond acceptors (Lipinski definition) is 2. The van der Waals surface area contributed by atoms with Gasteiger partial charge in [-0.25, -0.2) is 0 Å². The molecule has 18 heavy (non-hydrogen) atoms. The summed E-state index contributed by atoms with van der Waals surface area (Å²) in [5.74, 6) is 0. The lowest BCUT2D eigenvalue weighted by Gasteiger charge is -2.13. The van der Waals surface area contributed by atoms with Gasteiger partial charge in [-0.05, 0) is 12.1 Å². The summed E-state index contributed by atoms with van der Waals surface area (Å²) in [6.45, 7) is 0. The van der Waals surface area contributed by atoms with Crippen molar-refractivity contribution in [2.45, 2.75) is 6.18 Å². The molecule has 0 aliphatic carbocycles. The van der Waals surface area contributed by atoms with Crippen LogP contribution in [0.15, 0.2) is 46.2 Å². The third kappa shape index (κ3) is 2.06. The normalized spacial score (nSPS) is 11.5. The molecular formula is C11H7F3N2O2. The minimum Gasteiger partial charge on any atom is -0.323 e. The standard InChI is InChI=1S/C11H7F3N2O2/c12-11(13,14)7-3-1-2-4-8(7)16-6-5-15-9(17)10(16)18/h1-6H,(H,15,17). The zero-order valence-corrected chi connectivity index (χ0v) is 8.86. The summed E-state index contributed by atoms with van der Waals surface area (Å²) in [5, 5.41) is 0. The Morgan fingerprint density at radius 2 is 1.78 bits per heavy atom. The van der Waals surface area contributed by atoms with Gasteiger partial charge in [0.1, 0.15) is 0 Å². The first-order valence-corrected chi connectivity index (χ1v) is 4.88. The number of benzene rings is 1. The van der Waals surface area contributed by atoms with Crippen LogP contribution in [0.5, 0.6) is 0 Å². The summed E-state index contributed by atoms with van der Waals surface area (Å²) in [7, 11) is 0. The van der Waals surface area contributed by atoms with Crippen molar-refractivity contribution in [1.29, 1.82) is 0 Å². The molecule has 1 N–H and O–H groups in total. The molecule has 2 rings (SSSR count). The second kappa shape index (κ2) is 4.17. The van der Waals surface area contributed by atoms with Crippen LogP contribution in [0.25, 0.3) is 5.69 Å². The largest absolute Gasteiger partial charge is 0.418 e. The van der Waals surface area contributed by atoms with Gasteiger partial charge in [0.15, 0.2) is 0 Å². The van der Waals surface area contributed by atoms with Gasteiger partial charge in [-0.1, -0.05) is 12.1 Å². The maximum atomic E-state index is 12.8. The smallest absolute Gasteiger partial charge is 0.323 e. The molecule has 0 aliphatic heterocycles. The third-order valence-corrected chi connectivity index (χ3v) is 2.32. The van der Waals surface area contributed by atoms with Crippen molar-refractivity contribution in [3.8, 4) is 5.69 Å². The van der Waals surface area contributed by atoms with Crippen molar-refractivity contribution in [3.05, 3.63) is 62.9 Å². The van der Waals surface area contributed by atoms with E-state index in [4.69, 9.17) is 0 Å². The highest BCUT2D eigenvalue weighted by molar-refractivity contribution is 5.42. The fraction of sp³-hybridized carbons (Fsp3) is 0.0909. The number of aromatic amines is 1. The van der Waals surface area contributed by atoms with Crippen molar-refractivity contribution in [3.63, 3.8) is 0 Å². The van der Waals surface area contributed by atoms with Crippen molar-refractivity contribution >= 4 is 0 Å². The number of alkyl halides is 3. The third-order valence-electron chi connectivity index (χ3n) is 2.32. The molecule has 0 unspecified atom stereocenters. The molecule has 0 bridgehead atoms. The van der Waals surface area contributed by atoms with E-state index >= 15 is 0 Å². The van der Waals surface area contributed by atoms with Gasteiger partial charge in [-0.15, -0.1) is 0 Å². The quantitative estimate of drug-likeness (QED) is 0.787. The van der Waals surface area contributed by atoms with E-state index in [0.29, 0.717) is 4.57 Å². The van der Waals surface area contributed by atoms with E-state index < -0.39 is 22.9 Å². The number of hydrogen-bond donors (Lipinski definition) is 1. The molecule has 0 saturated carbocycles. The average molecular weight is 256 g/mol. The van der Waals surface area contributed by atoms with E-state index in [0.717, 1.165) is 24.5 Å². The van der Waals surface area contributed by atoms with Crippen LogP contribution in [-0.2, 0) is 6.18 Å². The first kappa shape index (κ1) is 12.2. The summed E-state index contributed by atoms with van der Waals surface area (Å²) in [5.41, 5.74) is -3.39. The highest BCUT2D eigenvalue weighted by Gasteiger charge is 2.33. The van der Waals surface area contributed by atoms with Gasteiger partial charge >= 0.3 is 17.3 Å². The maximum absolute atomic E-state index is 12.8. The Kier molecular flexibility index (Phi) is 2.82. The number of nitrogens with zero attached hydrogens (tertiary/aromatic N) is 1. The zero-order valence-electron chi connectivity index (χ0n) is 8.86. The van der Waals surface area contributed by atoms with Crippen LogP contribution in [0.3, 0.4) is 0 Å². The van der Waals surface area contributed by atoms with Gasteiger partial charge in [0, 0.05) is 12.4 Å². The summed E-state index contributed by atoms with van der Waals surface area (Å²) in [6, 6.07) is 4.55. The number of nitrogens with one attached hydrogen (secondary N) is 1. The molecule has 7 heteroatoms. The number of para-hydroxylation sites is 1. The van der Waals surface area contributed by atoms with Gasteiger partial charge in [0.2, 0.25) is 0 Å².